The van der Waals surface area contributed by atoms with Gasteiger partial charge >= 0.3 is 0 Å². The maximum atomic E-state index is 11.8. The molecule has 0 saturated carbocycles. The molecule has 0 aliphatic rings. The number of carbonyl (C=O) groups excluding carboxylic acids is 1. The molecule has 0 radical (unpaired) electrons. The molecular weight excluding hydrogens is 238 g/mol. The topological polar surface area (TPSA) is 58.6 Å². The van der Waals surface area contributed by atoms with E-state index in [-0.39, 0.29) is 17.2 Å². The standard InChI is InChI=1S/C12H17NO3S/c1-16-9-4-5-11(14)10(8-9)12(15)13-6-3-7-17-2/h4-5,8,14H,3,6-7H2,1-2H3,(H,13,15). The second-order valence-corrected chi connectivity index (χ2v) is 4.47. The van der Waals surface area contributed by atoms with Gasteiger partial charge in [-0.3, -0.25) is 4.79 Å². The summed E-state index contributed by atoms with van der Waals surface area (Å²) in [5.74, 6) is 1.25. The Bertz CT molecular complexity index is 382. The van der Waals surface area contributed by atoms with E-state index in [1.807, 2.05) is 6.26 Å². The number of nitrogens with one attached hydrogen (secondary N) is 1. The van der Waals surface area contributed by atoms with Crippen LogP contribution in [-0.4, -0.2) is 36.7 Å². The Hall–Kier alpha value is -1.36. The number of rotatable bonds is 6. The highest BCUT2D eigenvalue weighted by molar-refractivity contribution is 7.98. The summed E-state index contributed by atoms with van der Waals surface area (Å²) in [6, 6.07) is 4.59. The number of phenols is 1. The SMILES string of the molecule is COc1ccc(O)c(C(=O)NCCCSC)c1. The Morgan fingerprint density at radius 1 is 1.53 bits per heavy atom. The van der Waals surface area contributed by atoms with Gasteiger partial charge in [0.2, 0.25) is 0 Å². The van der Waals surface area contributed by atoms with Crippen molar-refractivity contribution in [3.05, 3.63) is 23.8 Å². The molecule has 0 aromatic heterocycles. The average molecular weight is 255 g/mol. The normalized spacial score (nSPS) is 10.0. The van der Waals surface area contributed by atoms with Crippen molar-refractivity contribution in [3.8, 4) is 11.5 Å². The number of phenolic OH excluding ortho intramolecular Hbond substituents is 1. The van der Waals surface area contributed by atoms with Crippen LogP contribution in [-0.2, 0) is 0 Å². The molecule has 2 N–H and O–H groups in total. The summed E-state index contributed by atoms with van der Waals surface area (Å²) in [5, 5.41) is 12.3. The smallest absolute Gasteiger partial charge is 0.255 e. The van der Waals surface area contributed by atoms with Crippen molar-refractivity contribution in [2.24, 2.45) is 0 Å². The van der Waals surface area contributed by atoms with E-state index in [1.165, 1.54) is 19.2 Å². The molecule has 1 aromatic rings. The molecule has 0 unspecified atom stereocenters. The van der Waals surface area contributed by atoms with E-state index >= 15 is 0 Å². The third-order valence-corrected chi connectivity index (χ3v) is 2.96. The summed E-state index contributed by atoms with van der Waals surface area (Å²) in [5.41, 5.74) is 0.244. The van der Waals surface area contributed by atoms with Crippen molar-refractivity contribution in [3.63, 3.8) is 0 Å². The van der Waals surface area contributed by atoms with Crippen LogP contribution in [0.1, 0.15) is 16.8 Å². The van der Waals surface area contributed by atoms with Crippen molar-refractivity contribution in [2.75, 3.05) is 25.7 Å². The van der Waals surface area contributed by atoms with Crippen LogP contribution >= 0.6 is 11.8 Å². The van der Waals surface area contributed by atoms with Crippen LogP contribution in [0.15, 0.2) is 18.2 Å². The summed E-state index contributed by atoms with van der Waals surface area (Å²) < 4.78 is 5.01. The van der Waals surface area contributed by atoms with Crippen LogP contribution in [0, 0.1) is 0 Å². The van der Waals surface area contributed by atoms with Crippen molar-refractivity contribution >= 4 is 17.7 Å². The van der Waals surface area contributed by atoms with Crippen LogP contribution < -0.4 is 10.1 Å². The molecule has 94 valence electrons. The molecule has 4 nitrogen and oxygen atoms in total. The molecule has 0 fully saturated rings. The Morgan fingerprint density at radius 3 is 2.94 bits per heavy atom. The average Bonchev–Trinajstić information content (AvgIpc) is 2.35. The largest absolute Gasteiger partial charge is 0.507 e. The van der Waals surface area contributed by atoms with Gasteiger partial charge in [0.25, 0.3) is 5.91 Å². The van der Waals surface area contributed by atoms with Gasteiger partial charge in [-0.2, -0.15) is 11.8 Å². The highest BCUT2D eigenvalue weighted by atomic mass is 32.2. The maximum Gasteiger partial charge on any atom is 0.255 e. The summed E-state index contributed by atoms with van der Waals surface area (Å²) in [6.07, 6.45) is 2.94. The number of amides is 1. The molecule has 1 rings (SSSR count). The van der Waals surface area contributed by atoms with E-state index in [4.69, 9.17) is 4.74 Å². The third-order valence-electron chi connectivity index (χ3n) is 2.26. The monoisotopic (exact) mass is 255 g/mol. The van der Waals surface area contributed by atoms with Gasteiger partial charge in [0.15, 0.2) is 0 Å². The number of methoxy groups -OCH3 is 1. The fraction of sp³-hybridized carbons (Fsp3) is 0.417. The molecule has 1 amide bonds. The molecule has 0 aliphatic heterocycles. The van der Waals surface area contributed by atoms with Gasteiger partial charge in [-0.15, -0.1) is 0 Å². The lowest BCUT2D eigenvalue weighted by atomic mass is 10.1. The zero-order chi connectivity index (χ0) is 12.7. The quantitative estimate of drug-likeness (QED) is 0.762. The summed E-state index contributed by atoms with van der Waals surface area (Å²) in [7, 11) is 1.52. The fourth-order valence-electron chi connectivity index (χ4n) is 1.34. The number of carbonyl (C=O) groups is 1. The van der Waals surface area contributed by atoms with E-state index in [1.54, 1.807) is 17.8 Å². The van der Waals surface area contributed by atoms with E-state index < -0.39 is 0 Å². The van der Waals surface area contributed by atoms with Gasteiger partial charge < -0.3 is 15.2 Å². The van der Waals surface area contributed by atoms with Gasteiger partial charge in [0.05, 0.1) is 12.7 Å². The van der Waals surface area contributed by atoms with Gasteiger partial charge in [-0.05, 0) is 36.6 Å². The molecule has 0 aliphatic carbocycles. The Labute approximate surface area is 105 Å². The minimum Gasteiger partial charge on any atom is -0.507 e. The lowest BCUT2D eigenvalue weighted by molar-refractivity contribution is 0.0951. The number of hydrogen-bond acceptors (Lipinski definition) is 4. The first-order valence-corrected chi connectivity index (χ1v) is 6.72. The molecule has 17 heavy (non-hydrogen) atoms. The van der Waals surface area contributed by atoms with E-state index in [0.717, 1.165) is 12.2 Å². The highest BCUT2D eigenvalue weighted by Gasteiger charge is 2.11. The van der Waals surface area contributed by atoms with Crippen molar-refractivity contribution in [1.82, 2.24) is 5.32 Å². The first-order valence-electron chi connectivity index (χ1n) is 5.33. The van der Waals surface area contributed by atoms with E-state index in [0.29, 0.717) is 12.3 Å². The van der Waals surface area contributed by atoms with Crippen LogP contribution in [0.5, 0.6) is 11.5 Å². The minimum absolute atomic E-state index is 0.0341. The zero-order valence-corrected chi connectivity index (χ0v) is 10.8. The molecular formula is C12H17NO3S. The maximum absolute atomic E-state index is 11.8. The first-order chi connectivity index (χ1) is 8.19. The Morgan fingerprint density at radius 2 is 2.29 bits per heavy atom. The lowest BCUT2D eigenvalue weighted by Crippen LogP contribution is -2.24. The van der Waals surface area contributed by atoms with Gasteiger partial charge in [0.1, 0.15) is 11.5 Å². The van der Waals surface area contributed by atoms with Crippen molar-refractivity contribution in [1.29, 1.82) is 0 Å². The zero-order valence-electron chi connectivity index (χ0n) is 10.0. The van der Waals surface area contributed by atoms with Crippen molar-refractivity contribution in [2.45, 2.75) is 6.42 Å². The number of thioether (sulfide) groups is 1. The van der Waals surface area contributed by atoms with Crippen LogP contribution in [0.4, 0.5) is 0 Å². The first kappa shape index (κ1) is 13.7. The minimum atomic E-state index is -0.275. The van der Waals surface area contributed by atoms with E-state index in [9.17, 15) is 9.90 Å². The van der Waals surface area contributed by atoms with Gasteiger partial charge in [-0.1, -0.05) is 0 Å². The van der Waals surface area contributed by atoms with Gasteiger partial charge in [0, 0.05) is 6.54 Å². The number of hydrogen-bond donors (Lipinski definition) is 2. The Balaban J connectivity index is 2.61. The predicted octanol–water partition coefficient (Wildman–Crippen LogP) is 1.88. The molecule has 5 heteroatoms. The lowest BCUT2D eigenvalue weighted by Gasteiger charge is -2.08. The summed E-state index contributed by atoms with van der Waals surface area (Å²) in [6.45, 7) is 0.607. The molecule has 0 atom stereocenters. The van der Waals surface area contributed by atoms with E-state index in [2.05, 4.69) is 5.32 Å². The Kier molecular flexibility index (Phi) is 5.69. The number of aromatic hydroxyl groups is 1. The second kappa shape index (κ2) is 7.06. The highest BCUT2D eigenvalue weighted by Crippen LogP contribution is 2.22. The summed E-state index contributed by atoms with van der Waals surface area (Å²) in [4.78, 5) is 11.8. The molecule has 0 saturated heterocycles. The number of ether oxygens (including phenoxy) is 1. The summed E-state index contributed by atoms with van der Waals surface area (Å²) >= 11 is 1.74. The fourth-order valence-corrected chi connectivity index (χ4v) is 1.77. The predicted molar refractivity (Wildman–Crippen MR) is 70.0 cm³/mol. The third kappa shape index (κ3) is 4.19. The van der Waals surface area contributed by atoms with Crippen LogP contribution in [0.2, 0.25) is 0 Å². The molecule has 1 aromatic carbocycles. The van der Waals surface area contributed by atoms with Gasteiger partial charge in [-0.25, -0.2) is 0 Å². The molecule has 0 spiro atoms. The molecule has 0 bridgehead atoms. The van der Waals surface area contributed by atoms with Crippen LogP contribution in [0.3, 0.4) is 0 Å². The molecule has 0 heterocycles. The second-order valence-electron chi connectivity index (χ2n) is 3.49. The van der Waals surface area contributed by atoms with Crippen molar-refractivity contribution < 1.29 is 14.6 Å². The number of benzene rings is 1. The van der Waals surface area contributed by atoms with Crippen LogP contribution in [0.25, 0.3) is 0 Å².